The molecule has 0 fully saturated rings. The van der Waals surface area contributed by atoms with Crippen molar-refractivity contribution in [2.75, 3.05) is 30.8 Å². The minimum atomic E-state index is -4.08. The zero-order chi connectivity index (χ0) is 27.8. The van der Waals surface area contributed by atoms with Crippen LogP contribution in [0, 0.1) is 17.0 Å². The molecule has 0 saturated carbocycles. The molecule has 2 aromatic rings. The van der Waals surface area contributed by atoms with Gasteiger partial charge in [0, 0.05) is 25.2 Å². The number of carbonyl (C=O) groups excluding carboxylic acids is 2. The molecular formula is C25H34N4O7S. The average molecular weight is 535 g/mol. The molecule has 0 aromatic heterocycles. The maximum Gasteiger partial charge on any atom is 0.271 e. The van der Waals surface area contributed by atoms with E-state index in [0.29, 0.717) is 6.54 Å². The summed E-state index contributed by atoms with van der Waals surface area (Å²) in [5.74, 6) is -0.978. The molecule has 0 spiro atoms. The van der Waals surface area contributed by atoms with Gasteiger partial charge < -0.3 is 15.0 Å². The van der Waals surface area contributed by atoms with Crippen molar-refractivity contribution in [1.29, 1.82) is 0 Å². The Labute approximate surface area is 217 Å². The van der Waals surface area contributed by atoms with Gasteiger partial charge in [0.25, 0.3) is 5.69 Å². The smallest absolute Gasteiger partial charge is 0.271 e. The molecule has 0 aliphatic heterocycles. The summed E-state index contributed by atoms with van der Waals surface area (Å²) < 4.78 is 31.6. The Morgan fingerprint density at radius 3 is 2.43 bits per heavy atom. The fourth-order valence-corrected chi connectivity index (χ4v) is 4.52. The van der Waals surface area contributed by atoms with Crippen molar-refractivity contribution in [2.45, 2.75) is 46.2 Å². The van der Waals surface area contributed by atoms with Crippen molar-refractivity contribution in [1.82, 2.24) is 10.2 Å². The van der Waals surface area contributed by atoms with Gasteiger partial charge in [0.05, 0.1) is 18.3 Å². The van der Waals surface area contributed by atoms with Crippen LogP contribution >= 0.6 is 0 Å². The van der Waals surface area contributed by atoms with Gasteiger partial charge in [-0.1, -0.05) is 37.6 Å². The van der Waals surface area contributed by atoms with Crippen molar-refractivity contribution < 1.29 is 27.7 Å². The van der Waals surface area contributed by atoms with Gasteiger partial charge in [-0.3, -0.25) is 24.0 Å². The Balaban J connectivity index is 2.49. The maximum absolute atomic E-state index is 13.6. The number of methoxy groups -OCH3 is 1. The Kier molecular flexibility index (Phi) is 10.4. The predicted octanol–water partition coefficient (Wildman–Crippen LogP) is 3.01. The minimum absolute atomic E-state index is 0.0413. The molecule has 1 atom stereocenters. The van der Waals surface area contributed by atoms with Crippen LogP contribution in [0.25, 0.3) is 0 Å². The van der Waals surface area contributed by atoms with E-state index in [1.165, 1.54) is 24.1 Å². The first-order valence-electron chi connectivity index (χ1n) is 11.8. The van der Waals surface area contributed by atoms with E-state index >= 15 is 0 Å². The number of hydrogen-bond donors (Lipinski definition) is 1. The van der Waals surface area contributed by atoms with Crippen LogP contribution in [0.4, 0.5) is 11.4 Å². The third-order valence-electron chi connectivity index (χ3n) is 5.92. The second-order valence-electron chi connectivity index (χ2n) is 8.65. The molecule has 0 aliphatic carbocycles. The molecule has 12 heteroatoms. The number of sulfonamides is 1. The number of unbranched alkanes of at least 4 members (excludes halogenated alkanes) is 1. The topological polar surface area (TPSA) is 139 Å². The van der Waals surface area contributed by atoms with E-state index in [-0.39, 0.29) is 29.6 Å². The number of ether oxygens (including phenoxy) is 1. The number of aryl methyl sites for hydroxylation is 1. The SMILES string of the molecule is CCCCNC(=O)[C@H](C)N(Cc1ccccc1C)C(=O)CN(c1cc([N+](=O)[O-])ccc1OC)S(C)(=O)=O. The van der Waals surface area contributed by atoms with Crippen LogP contribution in [0.3, 0.4) is 0 Å². The molecular weight excluding hydrogens is 500 g/mol. The van der Waals surface area contributed by atoms with Gasteiger partial charge in [0.2, 0.25) is 21.8 Å². The molecule has 202 valence electrons. The summed E-state index contributed by atoms with van der Waals surface area (Å²) in [6, 6.07) is 9.95. The first-order valence-corrected chi connectivity index (χ1v) is 13.7. The number of carbonyl (C=O) groups is 2. The van der Waals surface area contributed by atoms with Crippen molar-refractivity contribution in [2.24, 2.45) is 0 Å². The third-order valence-corrected chi connectivity index (χ3v) is 7.05. The standard InChI is InChI=1S/C25H34N4O7S/c1-6-7-14-26-25(31)19(3)27(16-20-11-9-8-10-18(20)2)24(30)17-28(37(5,34)35)22-15-21(29(32)33)12-13-23(22)36-4/h8-13,15,19H,6-7,14,16-17H2,1-5H3,(H,26,31)/t19-/m0/s1. The van der Waals surface area contributed by atoms with Gasteiger partial charge in [-0.05, 0) is 37.5 Å². The highest BCUT2D eigenvalue weighted by atomic mass is 32.2. The molecule has 11 nitrogen and oxygen atoms in total. The molecule has 0 unspecified atom stereocenters. The van der Waals surface area contributed by atoms with E-state index in [9.17, 15) is 28.1 Å². The number of nitro benzene ring substituents is 1. The van der Waals surface area contributed by atoms with Gasteiger partial charge in [-0.2, -0.15) is 0 Å². The summed E-state index contributed by atoms with van der Waals surface area (Å²) >= 11 is 0. The number of nitrogens with one attached hydrogen (secondary N) is 1. The Morgan fingerprint density at radius 1 is 1.19 bits per heavy atom. The van der Waals surface area contributed by atoms with Crippen LogP contribution in [0.2, 0.25) is 0 Å². The van der Waals surface area contributed by atoms with Crippen LogP contribution in [-0.4, -0.2) is 62.6 Å². The van der Waals surface area contributed by atoms with Gasteiger partial charge >= 0.3 is 0 Å². The van der Waals surface area contributed by atoms with Crippen LogP contribution in [0.15, 0.2) is 42.5 Å². The monoisotopic (exact) mass is 534 g/mol. The molecule has 0 bridgehead atoms. The lowest BCUT2D eigenvalue weighted by Crippen LogP contribution is -2.51. The van der Waals surface area contributed by atoms with E-state index in [2.05, 4.69) is 5.32 Å². The van der Waals surface area contributed by atoms with E-state index in [4.69, 9.17) is 4.74 Å². The highest BCUT2D eigenvalue weighted by Gasteiger charge is 2.32. The van der Waals surface area contributed by atoms with E-state index in [1.54, 1.807) is 6.92 Å². The molecule has 2 rings (SSSR count). The number of amides is 2. The number of nitrogens with zero attached hydrogens (tertiary/aromatic N) is 3. The molecule has 0 heterocycles. The predicted molar refractivity (Wildman–Crippen MR) is 141 cm³/mol. The number of anilines is 1. The summed E-state index contributed by atoms with van der Waals surface area (Å²) in [4.78, 5) is 38.5. The molecule has 1 N–H and O–H groups in total. The lowest BCUT2D eigenvalue weighted by atomic mass is 10.1. The van der Waals surface area contributed by atoms with Crippen molar-refractivity contribution in [3.05, 3.63) is 63.7 Å². The van der Waals surface area contributed by atoms with Crippen molar-refractivity contribution in [3.63, 3.8) is 0 Å². The molecule has 0 aliphatic rings. The van der Waals surface area contributed by atoms with Gasteiger partial charge in [-0.25, -0.2) is 8.42 Å². The second-order valence-corrected chi connectivity index (χ2v) is 10.6. The lowest BCUT2D eigenvalue weighted by molar-refractivity contribution is -0.384. The summed E-state index contributed by atoms with van der Waals surface area (Å²) in [6.45, 7) is 5.28. The summed E-state index contributed by atoms with van der Waals surface area (Å²) in [5, 5.41) is 14.2. The van der Waals surface area contributed by atoms with E-state index in [0.717, 1.165) is 40.6 Å². The highest BCUT2D eigenvalue weighted by molar-refractivity contribution is 7.92. The first kappa shape index (κ1) is 29.6. The number of benzene rings is 2. The van der Waals surface area contributed by atoms with Crippen LogP contribution in [0.5, 0.6) is 5.75 Å². The highest BCUT2D eigenvalue weighted by Crippen LogP contribution is 2.34. The number of rotatable bonds is 13. The Bertz CT molecular complexity index is 1230. The summed E-state index contributed by atoms with van der Waals surface area (Å²) in [7, 11) is -2.79. The zero-order valence-electron chi connectivity index (χ0n) is 21.8. The molecule has 2 aromatic carbocycles. The molecule has 0 radical (unpaired) electrons. The quantitative estimate of drug-likeness (QED) is 0.237. The first-order chi connectivity index (χ1) is 17.4. The van der Waals surface area contributed by atoms with Crippen LogP contribution in [0.1, 0.15) is 37.8 Å². The zero-order valence-corrected chi connectivity index (χ0v) is 22.6. The van der Waals surface area contributed by atoms with Gasteiger partial charge in [0.15, 0.2) is 0 Å². The van der Waals surface area contributed by atoms with Gasteiger partial charge in [0.1, 0.15) is 24.0 Å². The van der Waals surface area contributed by atoms with Crippen molar-refractivity contribution in [3.8, 4) is 5.75 Å². The fourth-order valence-electron chi connectivity index (χ4n) is 3.67. The Hall–Kier alpha value is -3.67. The maximum atomic E-state index is 13.6. The van der Waals surface area contributed by atoms with E-state index < -0.39 is 33.4 Å². The van der Waals surface area contributed by atoms with E-state index in [1.807, 2.05) is 38.1 Å². The fraction of sp³-hybridized carbons (Fsp3) is 0.440. The number of nitro groups is 1. The largest absolute Gasteiger partial charge is 0.495 e. The molecule has 2 amide bonds. The van der Waals surface area contributed by atoms with Crippen LogP contribution < -0.4 is 14.4 Å². The molecule has 37 heavy (non-hydrogen) atoms. The third kappa shape index (κ3) is 7.91. The van der Waals surface area contributed by atoms with Crippen LogP contribution in [-0.2, 0) is 26.2 Å². The van der Waals surface area contributed by atoms with Gasteiger partial charge in [-0.15, -0.1) is 0 Å². The normalized spacial score (nSPS) is 11.9. The Morgan fingerprint density at radius 2 is 1.86 bits per heavy atom. The minimum Gasteiger partial charge on any atom is -0.495 e. The van der Waals surface area contributed by atoms with Crippen molar-refractivity contribution >= 4 is 33.2 Å². The second kappa shape index (κ2) is 13.0. The number of hydrogen-bond acceptors (Lipinski definition) is 7. The average Bonchev–Trinajstić information content (AvgIpc) is 2.85. The lowest BCUT2D eigenvalue weighted by Gasteiger charge is -2.32. The molecule has 0 saturated heterocycles. The summed E-state index contributed by atoms with van der Waals surface area (Å²) in [5.41, 5.74) is 1.18. The number of non-ortho nitro benzene ring substituents is 1. The summed E-state index contributed by atoms with van der Waals surface area (Å²) in [6.07, 6.45) is 2.55.